The molecule has 1 aromatic heterocycles. The Bertz CT molecular complexity index is 730. The van der Waals surface area contributed by atoms with Gasteiger partial charge in [-0.25, -0.2) is 0 Å². The van der Waals surface area contributed by atoms with Crippen molar-refractivity contribution < 1.29 is 4.74 Å². The van der Waals surface area contributed by atoms with Crippen molar-refractivity contribution in [2.75, 3.05) is 0 Å². The van der Waals surface area contributed by atoms with Crippen LogP contribution in [0.4, 0.5) is 0 Å². The number of thiazole rings is 1. The Kier molecular flexibility index (Phi) is 3.44. The van der Waals surface area contributed by atoms with Gasteiger partial charge in [0.25, 0.3) is 0 Å². The molecule has 0 aliphatic heterocycles. The second kappa shape index (κ2) is 5.38. The predicted molar refractivity (Wildman–Crippen MR) is 77.3 cm³/mol. The van der Waals surface area contributed by atoms with Crippen LogP contribution in [0.2, 0.25) is 0 Å². The second-order valence-electron chi connectivity index (χ2n) is 4.23. The fourth-order valence-corrected chi connectivity index (χ4v) is 2.84. The van der Waals surface area contributed by atoms with Gasteiger partial charge >= 0.3 is 4.87 Å². The Balaban J connectivity index is 1.75. The van der Waals surface area contributed by atoms with E-state index in [2.05, 4.69) is 0 Å². The van der Waals surface area contributed by atoms with E-state index in [1.165, 1.54) is 11.3 Å². The van der Waals surface area contributed by atoms with E-state index in [1.807, 2.05) is 54.6 Å². The summed E-state index contributed by atoms with van der Waals surface area (Å²) < 4.78 is 8.29. The minimum absolute atomic E-state index is 0.0225. The third-order valence-electron chi connectivity index (χ3n) is 2.91. The van der Waals surface area contributed by atoms with E-state index in [1.54, 1.807) is 4.57 Å². The molecule has 0 fully saturated rings. The first-order valence-corrected chi connectivity index (χ1v) is 6.86. The molecule has 0 bridgehead atoms. The van der Waals surface area contributed by atoms with Crippen molar-refractivity contribution in [3.05, 3.63) is 69.8 Å². The van der Waals surface area contributed by atoms with Crippen molar-refractivity contribution in [2.24, 2.45) is 0 Å². The van der Waals surface area contributed by atoms with Gasteiger partial charge in [-0.3, -0.25) is 9.36 Å². The molecule has 0 radical (unpaired) electrons. The summed E-state index contributed by atoms with van der Waals surface area (Å²) in [6.07, 6.45) is 0. The SMILES string of the molecule is O=c1sc2ccccc2n1COCc1ccccc1. The predicted octanol–water partition coefficient (Wildman–Crippen LogP) is 3.24. The standard InChI is InChI=1S/C15H13NO2S/c17-15-16(13-8-4-5-9-14(13)19-15)11-18-10-12-6-2-1-3-7-12/h1-9H,10-11H2. The van der Waals surface area contributed by atoms with Crippen LogP contribution in [0.5, 0.6) is 0 Å². The summed E-state index contributed by atoms with van der Waals surface area (Å²) >= 11 is 1.25. The van der Waals surface area contributed by atoms with E-state index in [0.29, 0.717) is 6.61 Å². The Morgan fingerprint density at radius 3 is 2.58 bits per heavy atom. The maximum Gasteiger partial charge on any atom is 0.310 e. The van der Waals surface area contributed by atoms with Crippen molar-refractivity contribution in [2.45, 2.75) is 13.3 Å². The Labute approximate surface area is 114 Å². The second-order valence-corrected chi connectivity index (χ2v) is 5.22. The van der Waals surface area contributed by atoms with Crippen molar-refractivity contribution in [3.8, 4) is 0 Å². The maximum atomic E-state index is 11.9. The van der Waals surface area contributed by atoms with Gasteiger partial charge < -0.3 is 4.74 Å². The third-order valence-corrected chi connectivity index (χ3v) is 3.87. The van der Waals surface area contributed by atoms with E-state index in [4.69, 9.17) is 4.74 Å². The van der Waals surface area contributed by atoms with Crippen LogP contribution in [0, 0.1) is 0 Å². The zero-order valence-corrected chi connectivity index (χ0v) is 11.1. The molecule has 0 spiro atoms. The Morgan fingerprint density at radius 2 is 1.74 bits per heavy atom. The summed E-state index contributed by atoms with van der Waals surface area (Å²) in [5.74, 6) is 0. The molecular weight excluding hydrogens is 258 g/mol. The van der Waals surface area contributed by atoms with Crippen LogP contribution in [0.25, 0.3) is 10.2 Å². The van der Waals surface area contributed by atoms with Gasteiger partial charge in [-0.05, 0) is 17.7 Å². The summed E-state index contributed by atoms with van der Waals surface area (Å²) in [4.78, 5) is 11.9. The molecule has 0 unspecified atom stereocenters. The first-order chi connectivity index (χ1) is 9.34. The topological polar surface area (TPSA) is 31.2 Å². The lowest BCUT2D eigenvalue weighted by Crippen LogP contribution is -2.14. The number of nitrogens with zero attached hydrogens (tertiary/aromatic N) is 1. The minimum Gasteiger partial charge on any atom is -0.356 e. The van der Waals surface area contributed by atoms with E-state index in [0.717, 1.165) is 15.8 Å². The number of hydrogen-bond acceptors (Lipinski definition) is 3. The van der Waals surface area contributed by atoms with Gasteiger partial charge in [0.05, 0.1) is 16.8 Å². The van der Waals surface area contributed by atoms with Gasteiger partial charge in [0.2, 0.25) is 0 Å². The molecule has 0 saturated carbocycles. The summed E-state index contributed by atoms with van der Waals surface area (Å²) in [5.41, 5.74) is 2.04. The molecule has 96 valence electrons. The van der Waals surface area contributed by atoms with Crippen LogP contribution >= 0.6 is 11.3 Å². The number of ether oxygens (including phenoxy) is 1. The van der Waals surface area contributed by atoms with Crippen LogP contribution in [-0.4, -0.2) is 4.57 Å². The minimum atomic E-state index is 0.0225. The van der Waals surface area contributed by atoms with Crippen LogP contribution in [0.1, 0.15) is 5.56 Å². The van der Waals surface area contributed by atoms with Gasteiger partial charge in [0.1, 0.15) is 6.73 Å². The molecule has 19 heavy (non-hydrogen) atoms. The largest absolute Gasteiger partial charge is 0.356 e. The van der Waals surface area contributed by atoms with E-state index >= 15 is 0 Å². The average Bonchev–Trinajstić information content (AvgIpc) is 2.76. The summed E-state index contributed by atoms with van der Waals surface area (Å²) in [6.45, 7) is 0.801. The number of para-hydroxylation sites is 1. The highest BCUT2D eigenvalue weighted by Gasteiger charge is 2.06. The molecule has 0 amide bonds. The fourth-order valence-electron chi connectivity index (χ4n) is 1.97. The quantitative estimate of drug-likeness (QED) is 0.729. The van der Waals surface area contributed by atoms with Crippen molar-refractivity contribution in [1.29, 1.82) is 0 Å². The monoisotopic (exact) mass is 271 g/mol. The molecule has 4 heteroatoms. The molecule has 3 rings (SSSR count). The first kappa shape index (κ1) is 12.1. The zero-order chi connectivity index (χ0) is 13.1. The van der Waals surface area contributed by atoms with Gasteiger partial charge in [0, 0.05) is 0 Å². The molecule has 0 atom stereocenters. The number of aromatic nitrogens is 1. The lowest BCUT2D eigenvalue weighted by molar-refractivity contribution is 0.0655. The fraction of sp³-hybridized carbons (Fsp3) is 0.133. The van der Waals surface area contributed by atoms with Crippen molar-refractivity contribution >= 4 is 21.6 Å². The number of fused-ring (bicyclic) bond motifs is 1. The van der Waals surface area contributed by atoms with Gasteiger partial charge in [0.15, 0.2) is 0 Å². The van der Waals surface area contributed by atoms with Crippen LogP contribution < -0.4 is 4.87 Å². The Hall–Kier alpha value is -1.91. The molecule has 1 heterocycles. The van der Waals surface area contributed by atoms with Crippen molar-refractivity contribution in [3.63, 3.8) is 0 Å². The van der Waals surface area contributed by atoms with Crippen LogP contribution in [-0.2, 0) is 18.1 Å². The summed E-state index contributed by atoms with van der Waals surface area (Å²) in [5, 5.41) is 0. The van der Waals surface area contributed by atoms with E-state index in [9.17, 15) is 4.79 Å². The maximum absolute atomic E-state index is 11.9. The average molecular weight is 271 g/mol. The van der Waals surface area contributed by atoms with Crippen LogP contribution in [0.3, 0.4) is 0 Å². The van der Waals surface area contributed by atoms with Crippen LogP contribution in [0.15, 0.2) is 59.4 Å². The molecular formula is C15H13NO2S. The first-order valence-electron chi connectivity index (χ1n) is 6.04. The highest BCUT2D eigenvalue weighted by molar-refractivity contribution is 7.16. The van der Waals surface area contributed by atoms with E-state index in [-0.39, 0.29) is 11.6 Å². The number of rotatable bonds is 4. The molecule has 3 nitrogen and oxygen atoms in total. The molecule has 0 N–H and O–H groups in total. The number of benzene rings is 2. The molecule has 3 aromatic rings. The molecule has 0 saturated heterocycles. The summed E-state index contributed by atoms with van der Waals surface area (Å²) in [7, 11) is 0. The van der Waals surface area contributed by atoms with Gasteiger partial charge in [-0.15, -0.1) is 0 Å². The normalized spacial score (nSPS) is 10.9. The smallest absolute Gasteiger partial charge is 0.310 e. The van der Waals surface area contributed by atoms with Gasteiger partial charge in [-0.1, -0.05) is 53.8 Å². The third kappa shape index (κ3) is 2.59. The highest BCUT2D eigenvalue weighted by atomic mass is 32.1. The number of hydrogen-bond donors (Lipinski definition) is 0. The van der Waals surface area contributed by atoms with Crippen molar-refractivity contribution in [1.82, 2.24) is 4.57 Å². The molecule has 2 aromatic carbocycles. The van der Waals surface area contributed by atoms with Gasteiger partial charge in [-0.2, -0.15) is 0 Å². The van der Waals surface area contributed by atoms with E-state index < -0.39 is 0 Å². The zero-order valence-electron chi connectivity index (χ0n) is 10.3. The highest BCUT2D eigenvalue weighted by Crippen LogP contribution is 2.16. The lowest BCUT2D eigenvalue weighted by Gasteiger charge is -2.05. The molecule has 0 aliphatic rings. The molecule has 0 aliphatic carbocycles. The summed E-state index contributed by atoms with van der Waals surface area (Å²) in [6, 6.07) is 17.7. The lowest BCUT2D eigenvalue weighted by atomic mass is 10.2. The Morgan fingerprint density at radius 1 is 1.00 bits per heavy atom.